The first-order valence-corrected chi connectivity index (χ1v) is 11.0. The van der Waals surface area contributed by atoms with Crippen LogP contribution in [0, 0.1) is 11.6 Å². The van der Waals surface area contributed by atoms with Crippen LogP contribution in [-0.2, 0) is 6.54 Å². The van der Waals surface area contributed by atoms with Gasteiger partial charge in [-0.25, -0.2) is 13.6 Å². The van der Waals surface area contributed by atoms with Crippen LogP contribution >= 0.6 is 0 Å². The zero-order valence-corrected chi connectivity index (χ0v) is 19.2. The number of nitrogens with one attached hydrogen (secondary N) is 1. The molecule has 1 atom stereocenters. The van der Waals surface area contributed by atoms with Gasteiger partial charge in [-0.1, -0.05) is 24.3 Å². The van der Waals surface area contributed by atoms with Gasteiger partial charge in [0.1, 0.15) is 11.6 Å². The number of para-hydroxylation sites is 1. The second-order valence-electron chi connectivity index (χ2n) is 8.13. The van der Waals surface area contributed by atoms with Crippen molar-refractivity contribution in [3.8, 4) is 17.2 Å². The van der Waals surface area contributed by atoms with E-state index in [0.717, 1.165) is 34.6 Å². The van der Waals surface area contributed by atoms with Gasteiger partial charge in [-0.3, -0.25) is 0 Å². The summed E-state index contributed by atoms with van der Waals surface area (Å²) in [5.74, 6) is -0.479. The van der Waals surface area contributed by atoms with Gasteiger partial charge in [-0.2, -0.15) is 0 Å². The van der Waals surface area contributed by atoms with Gasteiger partial charge >= 0.3 is 6.03 Å². The summed E-state index contributed by atoms with van der Waals surface area (Å²) in [6, 6.07) is 19.1. The van der Waals surface area contributed by atoms with Gasteiger partial charge in [0, 0.05) is 18.0 Å². The summed E-state index contributed by atoms with van der Waals surface area (Å²) in [5.41, 5.74) is 3.39. The van der Waals surface area contributed by atoms with E-state index in [9.17, 15) is 13.6 Å². The van der Waals surface area contributed by atoms with E-state index in [1.807, 2.05) is 59.3 Å². The number of hydrogen-bond acceptors (Lipinski definition) is 3. The molecular formula is C27H23F2N3O3. The number of carbonyl (C=O) groups excluding carboxylic acids is 1. The lowest BCUT2D eigenvalue weighted by atomic mass is 10.0. The molecule has 0 unspecified atom stereocenters. The van der Waals surface area contributed by atoms with Crippen LogP contribution in [0.3, 0.4) is 0 Å². The van der Waals surface area contributed by atoms with Crippen molar-refractivity contribution in [3.05, 3.63) is 107 Å². The zero-order chi connectivity index (χ0) is 24.5. The monoisotopic (exact) mass is 475 g/mol. The molecule has 5 rings (SSSR count). The highest BCUT2D eigenvalue weighted by atomic mass is 19.1. The summed E-state index contributed by atoms with van der Waals surface area (Å²) in [6.45, 7) is 0.255. The van der Waals surface area contributed by atoms with Crippen molar-refractivity contribution in [2.75, 3.05) is 19.5 Å². The molecule has 0 bridgehead atoms. The maximum absolute atomic E-state index is 14.4. The summed E-state index contributed by atoms with van der Waals surface area (Å²) in [4.78, 5) is 15.3. The minimum Gasteiger partial charge on any atom is -0.493 e. The van der Waals surface area contributed by atoms with Gasteiger partial charge < -0.3 is 24.3 Å². The number of aromatic nitrogens is 1. The normalized spacial score (nSPS) is 14.5. The number of carbonyl (C=O) groups is 1. The molecule has 35 heavy (non-hydrogen) atoms. The van der Waals surface area contributed by atoms with Gasteiger partial charge in [0.15, 0.2) is 11.5 Å². The van der Waals surface area contributed by atoms with Crippen molar-refractivity contribution in [1.82, 2.24) is 9.47 Å². The quantitative estimate of drug-likeness (QED) is 0.399. The standard InChI is InChI=1S/C27H23F2N3O3/c1-34-24-12-9-17(14-25(24)35-2)26-23-8-5-13-31(23)22-7-4-3-6-18(22)16-32(26)27(33)30-21-11-10-19(28)15-20(21)29/h3-15,26H,16H2,1-2H3,(H,30,33)/t26-/m0/s1. The molecule has 6 nitrogen and oxygen atoms in total. The third-order valence-electron chi connectivity index (χ3n) is 6.12. The van der Waals surface area contributed by atoms with Crippen molar-refractivity contribution >= 4 is 11.7 Å². The molecule has 0 aliphatic carbocycles. The predicted octanol–water partition coefficient (Wildman–Crippen LogP) is 5.91. The molecule has 178 valence electrons. The van der Waals surface area contributed by atoms with E-state index < -0.39 is 23.7 Å². The molecule has 0 fully saturated rings. The minimum absolute atomic E-state index is 0.102. The van der Waals surface area contributed by atoms with Gasteiger partial charge in [0.2, 0.25) is 0 Å². The molecule has 1 aliphatic rings. The number of urea groups is 1. The average Bonchev–Trinajstić information content (AvgIpc) is 3.29. The lowest BCUT2D eigenvalue weighted by molar-refractivity contribution is 0.194. The summed E-state index contributed by atoms with van der Waals surface area (Å²) < 4.78 is 40.7. The molecule has 1 aromatic heterocycles. The summed E-state index contributed by atoms with van der Waals surface area (Å²) in [7, 11) is 3.11. The van der Waals surface area contributed by atoms with Crippen LogP contribution < -0.4 is 14.8 Å². The number of methoxy groups -OCH3 is 2. The second-order valence-corrected chi connectivity index (χ2v) is 8.13. The highest BCUT2D eigenvalue weighted by molar-refractivity contribution is 5.90. The Labute approximate surface area is 201 Å². The van der Waals surface area contributed by atoms with Gasteiger partial charge in [0.05, 0.1) is 38.2 Å². The molecule has 2 heterocycles. The van der Waals surface area contributed by atoms with E-state index in [2.05, 4.69) is 5.32 Å². The highest BCUT2D eigenvalue weighted by Gasteiger charge is 2.33. The number of halogens is 2. The van der Waals surface area contributed by atoms with E-state index in [1.54, 1.807) is 25.2 Å². The molecule has 0 saturated carbocycles. The lowest BCUT2D eigenvalue weighted by Gasteiger charge is -2.31. The molecule has 0 spiro atoms. The Bertz CT molecular complexity index is 1400. The number of nitrogens with zero attached hydrogens (tertiary/aromatic N) is 2. The van der Waals surface area contributed by atoms with Crippen molar-refractivity contribution in [2.45, 2.75) is 12.6 Å². The van der Waals surface area contributed by atoms with Crippen molar-refractivity contribution in [3.63, 3.8) is 0 Å². The largest absolute Gasteiger partial charge is 0.493 e. The molecular weight excluding hydrogens is 452 g/mol. The molecule has 1 N–H and O–H groups in total. The maximum Gasteiger partial charge on any atom is 0.323 e. The molecule has 2 amide bonds. The van der Waals surface area contributed by atoms with E-state index in [0.29, 0.717) is 11.5 Å². The Hall–Kier alpha value is -4.33. The molecule has 4 aromatic rings. The lowest BCUT2D eigenvalue weighted by Crippen LogP contribution is -2.38. The Morgan fingerprint density at radius 2 is 1.74 bits per heavy atom. The Morgan fingerprint density at radius 3 is 2.51 bits per heavy atom. The molecule has 8 heteroatoms. The SMILES string of the molecule is COc1ccc([C@H]2c3cccn3-c3ccccc3CN2C(=O)Nc2ccc(F)cc2F)cc1OC. The van der Waals surface area contributed by atoms with Crippen LogP contribution in [0.5, 0.6) is 11.5 Å². The van der Waals surface area contributed by atoms with E-state index in [-0.39, 0.29) is 12.2 Å². The topological polar surface area (TPSA) is 55.7 Å². The Kier molecular flexibility index (Phi) is 5.86. The van der Waals surface area contributed by atoms with Gasteiger partial charge in [-0.05, 0) is 53.6 Å². The van der Waals surface area contributed by atoms with Gasteiger partial charge in [-0.15, -0.1) is 0 Å². The van der Waals surface area contributed by atoms with Crippen LogP contribution in [0.4, 0.5) is 19.3 Å². The third-order valence-corrected chi connectivity index (χ3v) is 6.12. The Balaban J connectivity index is 1.65. The van der Waals surface area contributed by atoms with Crippen LogP contribution in [-0.4, -0.2) is 29.7 Å². The highest BCUT2D eigenvalue weighted by Crippen LogP contribution is 2.40. The zero-order valence-electron chi connectivity index (χ0n) is 19.2. The number of ether oxygens (including phenoxy) is 2. The fourth-order valence-corrected chi connectivity index (χ4v) is 4.49. The molecule has 0 saturated heterocycles. The average molecular weight is 475 g/mol. The number of benzene rings is 3. The first-order valence-electron chi connectivity index (χ1n) is 11.0. The van der Waals surface area contributed by atoms with Gasteiger partial charge in [0.25, 0.3) is 0 Å². The first-order chi connectivity index (χ1) is 17.0. The summed E-state index contributed by atoms with van der Waals surface area (Å²) in [5, 5.41) is 2.62. The smallest absolute Gasteiger partial charge is 0.323 e. The van der Waals surface area contributed by atoms with E-state index >= 15 is 0 Å². The molecule has 0 radical (unpaired) electrons. The van der Waals surface area contributed by atoms with E-state index in [4.69, 9.17) is 9.47 Å². The number of amides is 2. The number of rotatable bonds is 4. The van der Waals surface area contributed by atoms with E-state index in [1.165, 1.54) is 6.07 Å². The minimum atomic E-state index is -0.848. The van der Waals surface area contributed by atoms with Crippen LogP contribution in [0.15, 0.2) is 79.0 Å². The maximum atomic E-state index is 14.4. The number of hydrogen-bond donors (Lipinski definition) is 1. The third kappa shape index (κ3) is 4.07. The van der Waals surface area contributed by atoms with Crippen LogP contribution in [0.1, 0.15) is 22.9 Å². The molecule has 1 aliphatic heterocycles. The predicted molar refractivity (Wildman–Crippen MR) is 128 cm³/mol. The van der Waals surface area contributed by atoms with Crippen molar-refractivity contribution < 1.29 is 23.0 Å². The fraction of sp³-hybridized carbons (Fsp3) is 0.148. The summed E-state index contributed by atoms with van der Waals surface area (Å²) >= 11 is 0. The number of fused-ring (bicyclic) bond motifs is 3. The first kappa shape index (κ1) is 22.5. The van der Waals surface area contributed by atoms with Crippen LogP contribution in [0.25, 0.3) is 5.69 Å². The van der Waals surface area contributed by atoms with Crippen LogP contribution in [0.2, 0.25) is 0 Å². The summed E-state index contributed by atoms with van der Waals surface area (Å²) in [6.07, 6.45) is 1.95. The van der Waals surface area contributed by atoms with Crippen molar-refractivity contribution in [1.29, 1.82) is 0 Å². The number of anilines is 1. The Morgan fingerprint density at radius 1 is 0.943 bits per heavy atom. The van der Waals surface area contributed by atoms with Crippen molar-refractivity contribution in [2.24, 2.45) is 0 Å². The fourth-order valence-electron chi connectivity index (χ4n) is 4.49. The second kappa shape index (κ2) is 9.13. The molecule has 3 aromatic carbocycles.